The summed E-state index contributed by atoms with van der Waals surface area (Å²) in [6, 6.07) is 3.29. The molecule has 0 spiro atoms. The summed E-state index contributed by atoms with van der Waals surface area (Å²) in [4.78, 5) is 32.0. The molecule has 0 unspecified atom stereocenters. The minimum Gasteiger partial charge on any atom is -0.493 e. The summed E-state index contributed by atoms with van der Waals surface area (Å²) >= 11 is 1.37. The molecule has 3 heterocycles. The number of aromatic hydroxyl groups is 1. The second-order valence-corrected chi connectivity index (χ2v) is 5.16. The zero-order chi connectivity index (χ0) is 14.1. The number of nitrogens with one attached hydrogen (secondary N) is 1. The lowest BCUT2D eigenvalue weighted by Crippen LogP contribution is -2.29. The third kappa shape index (κ3) is 2.14. The van der Waals surface area contributed by atoms with Crippen molar-refractivity contribution in [3.05, 3.63) is 40.4 Å². The first-order chi connectivity index (χ1) is 9.66. The van der Waals surface area contributed by atoms with E-state index in [0.29, 0.717) is 23.1 Å². The van der Waals surface area contributed by atoms with E-state index in [4.69, 9.17) is 0 Å². The number of anilines is 1. The van der Waals surface area contributed by atoms with Crippen molar-refractivity contribution < 1.29 is 9.90 Å². The van der Waals surface area contributed by atoms with Gasteiger partial charge in [0.15, 0.2) is 10.7 Å². The SMILES string of the molecule is O=C(Nc1cccnc1)c1c(O)nc2n(c1=O)CCS2. The summed E-state index contributed by atoms with van der Waals surface area (Å²) in [5.74, 6) is -0.535. The molecule has 0 bridgehead atoms. The Bertz CT molecular complexity index is 729. The molecule has 3 rings (SSSR count). The summed E-state index contributed by atoms with van der Waals surface area (Å²) in [5, 5.41) is 12.7. The van der Waals surface area contributed by atoms with Crippen LogP contribution in [0.2, 0.25) is 0 Å². The van der Waals surface area contributed by atoms with E-state index in [2.05, 4.69) is 15.3 Å². The number of nitrogens with zero attached hydrogens (tertiary/aromatic N) is 3. The molecular weight excluding hydrogens is 280 g/mol. The molecule has 1 amide bonds. The predicted octanol–water partition coefficient (Wildman–Crippen LogP) is 0.702. The van der Waals surface area contributed by atoms with Gasteiger partial charge in [-0.2, -0.15) is 4.98 Å². The largest absolute Gasteiger partial charge is 0.493 e. The van der Waals surface area contributed by atoms with Gasteiger partial charge in [0.05, 0.1) is 11.9 Å². The van der Waals surface area contributed by atoms with Gasteiger partial charge in [-0.05, 0) is 12.1 Å². The molecule has 1 aliphatic heterocycles. The highest BCUT2D eigenvalue weighted by Gasteiger charge is 2.24. The van der Waals surface area contributed by atoms with Crippen molar-refractivity contribution in [3.63, 3.8) is 0 Å². The lowest BCUT2D eigenvalue weighted by atomic mass is 10.2. The first-order valence-electron chi connectivity index (χ1n) is 5.85. The molecule has 0 saturated carbocycles. The molecule has 0 aromatic carbocycles. The van der Waals surface area contributed by atoms with Gasteiger partial charge < -0.3 is 10.4 Å². The fourth-order valence-electron chi connectivity index (χ4n) is 1.89. The van der Waals surface area contributed by atoms with Crippen molar-refractivity contribution in [3.8, 4) is 5.88 Å². The van der Waals surface area contributed by atoms with E-state index in [-0.39, 0.29) is 5.56 Å². The Hall–Kier alpha value is -2.35. The Balaban J connectivity index is 1.98. The Morgan fingerprint density at radius 3 is 3.10 bits per heavy atom. The maximum absolute atomic E-state index is 12.2. The van der Waals surface area contributed by atoms with E-state index < -0.39 is 17.3 Å². The molecule has 2 aromatic rings. The van der Waals surface area contributed by atoms with Gasteiger partial charge >= 0.3 is 0 Å². The zero-order valence-corrected chi connectivity index (χ0v) is 11.1. The standard InChI is InChI=1S/C12H10N4O3S/c17-9(14-7-2-1-3-13-6-7)8-10(18)15-12-16(11(8)19)4-5-20-12/h1-3,6,18H,4-5H2,(H,14,17). The Morgan fingerprint density at radius 1 is 1.50 bits per heavy atom. The number of amides is 1. The number of fused-ring (bicyclic) bond motifs is 1. The molecule has 1 aliphatic rings. The fraction of sp³-hybridized carbons (Fsp3) is 0.167. The third-order valence-corrected chi connectivity index (χ3v) is 3.76. The number of hydrogen-bond acceptors (Lipinski definition) is 6. The molecule has 20 heavy (non-hydrogen) atoms. The second-order valence-electron chi connectivity index (χ2n) is 4.09. The lowest BCUT2D eigenvalue weighted by molar-refractivity contribution is 0.102. The number of carbonyl (C=O) groups excluding carboxylic acids is 1. The van der Waals surface area contributed by atoms with E-state index in [1.54, 1.807) is 18.3 Å². The number of carbonyl (C=O) groups is 1. The Labute approximate surface area is 117 Å². The van der Waals surface area contributed by atoms with Crippen LogP contribution in [-0.4, -0.2) is 31.3 Å². The molecule has 0 saturated heterocycles. The first kappa shape index (κ1) is 12.7. The summed E-state index contributed by atoms with van der Waals surface area (Å²) in [7, 11) is 0. The first-order valence-corrected chi connectivity index (χ1v) is 6.83. The summed E-state index contributed by atoms with van der Waals surface area (Å²) in [6.07, 6.45) is 3.01. The molecule has 2 N–H and O–H groups in total. The van der Waals surface area contributed by atoms with Crippen LogP contribution in [0.3, 0.4) is 0 Å². The lowest BCUT2D eigenvalue weighted by Gasteiger charge is -2.08. The molecule has 0 fully saturated rings. The average Bonchev–Trinajstić information content (AvgIpc) is 2.88. The Kier molecular flexibility index (Phi) is 3.15. The van der Waals surface area contributed by atoms with Gasteiger partial charge in [0.2, 0.25) is 5.88 Å². The highest BCUT2D eigenvalue weighted by molar-refractivity contribution is 7.99. The third-order valence-electron chi connectivity index (χ3n) is 2.81. The van der Waals surface area contributed by atoms with E-state index >= 15 is 0 Å². The number of pyridine rings is 1. The van der Waals surface area contributed by atoms with Crippen LogP contribution in [0, 0.1) is 0 Å². The minimum atomic E-state index is -0.694. The molecule has 0 atom stereocenters. The van der Waals surface area contributed by atoms with E-state index in [1.807, 2.05) is 0 Å². The predicted molar refractivity (Wildman–Crippen MR) is 73.1 cm³/mol. The molecule has 7 nitrogen and oxygen atoms in total. The summed E-state index contributed by atoms with van der Waals surface area (Å²) < 4.78 is 1.39. The minimum absolute atomic E-state index is 0.347. The van der Waals surface area contributed by atoms with Crippen LogP contribution in [-0.2, 0) is 6.54 Å². The van der Waals surface area contributed by atoms with Gasteiger partial charge in [0.1, 0.15) is 0 Å². The smallest absolute Gasteiger partial charge is 0.271 e. The number of rotatable bonds is 2. The van der Waals surface area contributed by atoms with Crippen LogP contribution in [0.15, 0.2) is 34.5 Å². The van der Waals surface area contributed by atoms with Crippen LogP contribution in [0.4, 0.5) is 5.69 Å². The van der Waals surface area contributed by atoms with E-state index in [9.17, 15) is 14.7 Å². The highest BCUT2D eigenvalue weighted by Crippen LogP contribution is 2.24. The van der Waals surface area contributed by atoms with Gasteiger partial charge in [-0.1, -0.05) is 11.8 Å². The monoisotopic (exact) mass is 290 g/mol. The van der Waals surface area contributed by atoms with Crippen molar-refractivity contribution in [2.45, 2.75) is 11.7 Å². The molecule has 2 aromatic heterocycles. The van der Waals surface area contributed by atoms with E-state index in [0.717, 1.165) is 0 Å². The maximum Gasteiger partial charge on any atom is 0.271 e. The van der Waals surface area contributed by atoms with E-state index in [1.165, 1.54) is 22.5 Å². The quantitative estimate of drug-likeness (QED) is 0.790. The van der Waals surface area contributed by atoms with Crippen LogP contribution in [0.25, 0.3) is 0 Å². The molecule has 102 valence electrons. The van der Waals surface area contributed by atoms with Crippen molar-refractivity contribution in [2.75, 3.05) is 11.1 Å². The van der Waals surface area contributed by atoms with Crippen molar-refractivity contribution in [2.24, 2.45) is 0 Å². The summed E-state index contributed by atoms with van der Waals surface area (Å²) in [6.45, 7) is 0.485. The second kappa shape index (κ2) is 4.97. The molecule has 8 heteroatoms. The van der Waals surface area contributed by atoms with Gasteiger partial charge in [0.25, 0.3) is 11.5 Å². The van der Waals surface area contributed by atoms with Gasteiger partial charge in [-0.25, -0.2) is 0 Å². The average molecular weight is 290 g/mol. The number of hydrogen-bond donors (Lipinski definition) is 2. The van der Waals surface area contributed by atoms with Crippen LogP contribution in [0.5, 0.6) is 5.88 Å². The van der Waals surface area contributed by atoms with Crippen molar-refractivity contribution >= 4 is 23.4 Å². The topological polar surface area (TPSA) is 97.1 Å². The molecule has 0 radical (unpaired) electrons. The van der Waals surface area contributed by atoms with Gasteiger partial charge in [0, 0.05) is 18.5 Å². The van der Waals surface area contributed by atoms with Crippen LogP contribution in [0.1, 0.15) is 10.4 Å². The van der Waals surface area contributed by atoms with Crippen LogP contribution >= 0.6 is 11.8 Å². The maximum atomic E-state index is 12.2. The van der Waals surface area contributed by atoms with Crippen molar-refractivity contribution in [1.82, 2.24) is 14.5 Å². The normalized spacial score (nSPS) is 13.0. The fourth-order valence-corrected chi connectivity index (χ4v) is 2.83. The highest BCUT2D eigenvalue weighted by atomic mass is 32.2. The molecule has 0 aliphatic carbocycles. The number of aromatic nitrogens is 3. The number of thioether (sulfide) groups is 1. The van der Waals surface area contributed by atoms with Crippen molar-refractivity contribution in [1.29, 1.82) is 0 Å². The summed E-state index contributed by atoms with van der Waals surface area (Å²) in [5.41, 5.74) is -0.435. The zero-order valence-electron chi connectivity index (χ0n) is 10.2. The Morgan fingerprint density at radius 2 is 2.35 bits per heavy atom. The van der Waals surface area contributed by atoms with Crippen LogP contribution < -0.4 is 10.9 Å². The van der Waals surface area contributed by atoms with Gasteiger partial charge in [-0.3, -0.25) is 19.1 Å². The van der Waals surface area contributed by atoms with Gasteiger partial charge in [-0.15, -0.1) is 0 Å². The molecular formula is C12H10N4O3S.